The zero-order valence-electron chi connectivity index (χ0n) is 37.4. The van der Waals surface area contributed by atoms with Crippen LogP contribution in [0, 0.1) is 13.8 Å². The Morgan fingerprint density at radius 2 is 0.482 bits per heavy atom. The fourth-order valence-electron chi connectivity index (χ4n) is 6.29. The molecule has 0 atom stereocenters. The average Bonchev–Trinajstić information content (AvgIpc) is 3.27. The van der Waals surface area contributed by atoms with E-state index in [-0.39, 0.29) is 0 Å². The lowest BCUT2D eigenvalue weighted by Gasteiger charge is -2.11. The molecule has 0 amide bonds. The highest BCUT2D eigenvalue weighted by Gasteiger charge is 2.09. The summed E-state index contributed by atoms with van der Waals surface area (Å²) in [5.41, 5.74) is 7.90. The lowest BCUT2D eigenvalue weighted by atomic mass is 9.92. The minimum atomic E-state index is 1.25. The number of fused-ring (bicyclic) bond motifs is 4. The van der Waals surface area contributed by atoms with Crippen molar-refractivity contribution in [1.82, 2.24) is 0 Å². The second-order valence-electron chi connectivity index (χ2n) is 12.4. The third-order valence-electron chi connectivity index (χ3n) is 8.44. The fourth-order valence-corrected chi connectivity index (χ4v) is 6.29. The monoisotopic (exact) mass is 745 g/mol. The summed E-state index contributed by atoms with van der Waals surface area (Å²) >= 11 is 0. The van der Waals surface area contributed by atoms with Gasteiger partial charge in [0.15, 0.2) is 0 Å². The molecule has 0 bridgehead atoms. The van der Waals surface area contributed by atoms with E-state index in [0.29, 0.717) is 0 Å². The van der Waals surface area contributed by atoms with Crippen LogP contribution in [-0.2, 0) is 0 Å². The maximum absolute atomic E-state index is 2.25. The highest BCUT2D eigenvalue weighted by atomic mass is 14.1. The van der Waals surface area contributed by atoms with Crippen LogP contribution < -0.4 is 0 Å². The van der Waals surface area contributed by atoms with Gasteiger partial charge in [-0.15, -0.1) is 0 Å². The molecule has 56 heavy (non-hydrogen) atoms. The molecule has 0 N–H and O–H groups in total. The zero-order valence-corrected chi connectivity index (χ0v) is 37.4. The predicted octanol–water partition coefficient (Wildman–Crippen LogP) is 18.9. The molecule has 0 aliphatic heterocycles. The summed E-state index contributed by atoms with van der Waals surface area (Å²) in [6, 6.07) is 56.5. The fraction of sp³-hybridized carbons (Fsp3) is 0.286. The van der Waals surface area contributed by atoms with Crippen LogP contribution in [0.4, 0.5) is 0 Å². The normalized spacial score (nSPS) is 9.39. The summed E-state index contributed by atoms with van der Waals surface area (Å²) in [5.74, 6) is 0. The van der Waals surface area contributed by atoms with Crippen LogP contribution in [0.1, 0.15) is 107 Å². The Kier molecular flexibility index (Phi) is 24.6. The summed E-state index contributed by atoms with van der Waals surface area (Å²) in [5, 5.41) is 10.5. The summed E-state index contributed by atoms with van der Waals surface area (Å²) in [4.78, 5) is 0. The van der Waals surface area contributed by atoms with Crippen LogP contribution >= 0.6 is 0 Å². The molecule has 0 spiro atoms. The Hall–Kier alpha value is -5.20. The molecule has 0 radical (unpaired) electrons. The maximum Gasteiger partial charge on any atom is -0.00990 e. The summed E-state index contributed by atoms with van der Waals surface area (Å²) in [6.07, 6.45) is 2.50. The van der Waals surface area contributed by atoms with E-state index in [1.807, 2.05) is 55.4 Å². The minimum absolute atomic E-state index is 1.25. The highest BCUT2D eigenvalue weighted by molar-refractivity contribution is 6.07. The van der Waals surface area contributed by atoms with Crippen LogP contribution in [0.2, 0.25) is 0 Å². The van der Waals surface area contributed by atoms with E-state index in [9.17, 15) is 0 Å². The molecular weight excluding hydrogens is 673 g/mol. The topological polar surface area (TPSA) is 0 Å². The minimum Gasteiger partial charge on any atom is -0.0683 e. The number of hydrogen-bond acceptors (Lipinski definition) is 0. The molecule has 0 saturated carbocycles. The van der Waals surface area contributed by atoms with Gasteiger partial charge < -0.3 is 0 Å². The lowest BCUT2D eigenvalue weighted by molar-refractivity contribution is 1.09. The third-order valence-corrected chi connectivity index (χ3v) is 8.44. The average molecular weight is 745 g/mol. The van der Waals surface area contributed by atoms with Gasteiger partial charge in [0, 0.05) is 0 Å². The molecule has 8 aromatic carbocycles. The van der Waals surface area contributed by atoms with E-state index in [1.54, 1.807) is 0 Å². The van der Waals surface area contributed by atoms with Gasteiger partial charge in [-0.1, -0.05) is 254 Å². The molecule has 0 nitrogen and oxygen atoms in total. The number of hydrogen-bond donors (Lipinski definition) is 0. The molecule has 296 valence electrons. The second-order valence-corrected chi connectivity index (χ2v) is 12.4. The summed E-state index contributed by atoms with van der Waals surface area (Å²) < 4.78 is 0. The van der Waals surface area contributed by atoms with Crippen LogP contribution in [-0.4, -0.2) is 0 Å². The SMILES string of the molecule is CC.CC.CC.CC.CCC.CCC.Cc1ccc(-c2cccc3ccccc23)c2ccccc12.Cc1ccc(-c2cccc3ccccc23)c2ccccc12. The van der Waals surface area contributed by atoms with Gasteiger partial charge in [0.2, 0.25) is 0 Å². The Labute approximate surface area is 342 Å². The third kappa shape index (κ3) is 12.9. The molecule has 0 saturated heterocycles. The summed E-state index contributed by atoms with van der Waals surface area (Å²) in [6.45, 7) is 28.9. The van der Waals surface area contributed by atoms with Crippen molar-refractivity contribution in [2.45, 2.75) is 110 Å². The van der Waals surface area contributed by atoms with Crippen molar-refractivity contribution in [2.24, 2.45) is 0 Å². The first kappa shape index (κ1) is 48.8. The van der Waals surface area contributed by atoms with E-state index in [2.05, 4.69) is 199 Å². The van der Waals surface area contributed by atoms with Crippen molar-refractivity contribution in [3.05, 3.63) is 169 Å². The number of aryl methyl sites for hydroxylation is 2. The largest absolute Gasteiger partial charge is 0.0683 e. The number of benzene rings is 8. The standard InChI is InChI=1S/2C21H16.2C3H8.4C2H6/c2*1-15-13-14-21(19-11-5-4-9-17(15)19)20-12-6-8-16-7-2-3-10-18(16)20;2*1-3-2;4*1-2/h2*2-14H,1H3;2*3H2,1-2H3;4*1-2H3. The van der Waals surface area contributed by atoms with E-state index in [1.165, 1.54) is 89.3 Å². The molecule has 0 heteroatoms. The molecule has 0 heterocycles. The smallest absolute Gasteiger partial charge is 0.00990 e. The molecule has 0 aliphatic rings. The first-order valence-electron chi connectivity index (χ1n) is 21.4. The Bertz CT molecular complexity index is 2080. The second kappa shape index (κ2) is 28.2. The molecule has 0 aromatic heterocycles. The predicted molar refractivity (Wildman–Crippen MR) is 261 cm³/mol. The van der Waals surface area contributed by atoms with Crippen LogP contribution in [0.5, 0.6) is 0 Å². The van der Waals surface area contributed by atoms with Gasteiger partial charge in [0.1, 0.15) is 0 Å². The lowest BCUT2D eigenvalue weighted by Crippen LogP contribution is -1.86. The Balaban J connectivity index is 0.000000426. The molecule has 0 fully saturated rings. The van der Waals surface area contributed by atoms with E-state index < -0.39 is 0 Å². The van der Waals surface area contributed by atoms with Gasteiger partial charge in [-0.2, -0.15) is 0 Å². The quantitative estimate of drug-likeness (QED) is 0.165. The van der Waals surface area contributed by atoms with Gasteiger partial charge in [-0.25, -0.2) is 0 Å². The van der Waals surface area contributed by atoms with E-state index in [0.717, 1.165) is 0 Å². The molecule has 8 aromatic rings. The number of rotatable bonds is 2. The Morgan fingerprint density at radius 3 is 0.804 bits per heavy atom. The van der Waals surface area contributed by atoms with Gasteiger partial charge in [0.05, 0.1) is 0 Å². The van der Waals surface area contributed by atoms with Gasteiger partial charge >= 0.3 is 0 Å². The van der Waals surface area contributed by atoms with Gasteiger partial charge in [-0.3, -0.25) is 0 Å². The molecule has 8 rings (SSSR count). The van der Waals surface area contributed by atoms with Crippen LogP contribution in [0.15, 0.2) is 158 Å². The van der Waals surface area contributed by atoms with E-state index in [4.69, 9.17) is 0 Å². The first-order chi connectivity index (χ1) is 27.5. The molecule has 0 unspecified atom stereocenters. The van der Waals surface area contributed by atoms with Crippen molar-refractivity contribution in [1.29, 1.82) is 0 Å². The van der Waals surface area contributed by atoms with Crippen molar-refractivity contribution >= 4 is 43.1 Å². The van der Waals surface area contributed by atoms with E-state index >= 15 is 0 Å². The zero-order chi connectivity index (χ0) is 41.9. The van der Waals surface area contributed by atoms with Crippen molar-refractivity contribution in [2.75, 3.05) is 0 Å². The molecular formula is C56H72. The van der Waals surface area contributed by atoms with Crippen LogP contribution in [0.25, 0.3) is 65.3 Å². The maximum atomic E-state index is 2.25. The van der Waals surface area contributed by atoms with Crippen molar-refractivity contribution < 1.29 is 0 Å². The van der Waals surface area contributed by atoms with Gasteiger partial charge in [0.25, 0.3) is 0 Å². The van der Waals surface area contributed by atoms with Crippen molar-refractivity contribution in [3.8, 4) is 22.3 Å². The first-order valence-corrected chi connectivity index (χ1v) is 21.4. The van der Waals surface area contributed by atoms with Gasteiger partial charge in [-0.05, 0) is 90.3 Å². The Morgan fingerprint density at radius 1 is 0.250 bits per heavy atom. The van der Waals surface area contributed by atoms with Crippen molar-refractivity contribution in [3.63, 3.8) is 0 Å². The highest BCUT2D eigenvalue weighted by Crippen LogP contribution is 2.36. The molecule has 0 aliphatic carbocycles. The summed E-state index contributed by atoms with van der Waals surface area (Å²) in [7, 11) is 0. The van der Waals surface area contributed by atoms with Crippen LogP contribution in [0.3, 0.4) is 0 Å².